The normalized spacial score (nSPS) is 22.5. The van der Waals surface area contributed by atoms with Gasteiger partial charge in [0.1, 0.15) is 0 Å². The Morgan fingerprint density at radius 2 is 0.615 bits per heavy atom. The third kappa shape index (κ3) is 12.1. The first kappa shape index (κ1) is 53.3. The molecule has 52 heavy (non-hydrogen) atoms. The van der Waals surface area contributed by atoms with Crippen molar-refractivity contribution >= 4 is 0 Å². The molecule has 0 aliphatic heterocycles. The van der Waals surface area contributed by atoms with Crippen molar-refractivity contribution in [2.45, 2.75) is 249 Å². The summed E-state index contributed by atoms with van der Waals surface area (Å²) in [6.45, 7) is 52.5. The molecule has 310 valence electrons. The maximum atomic E-state index is 2.49. The molecule has 1 aromatic rings. The van der Waals surface area contributed by atoms with Crippen LogP contribution in [0.5, 0.6) is 0 Å². The van der Waals surface area contributed by atoms with E-state index >= 15 is 0 Å². The van der Waals surface area contributed by atoms with Gasteiger partial charge in [-0.3, -0.25) is 0 Å². The minimum atomic E-state index is 0. The second-order valence-corrected chi connectivity index (χ2v) is 19.6. The van der Waals surface area contributed by atoms with Crippen molar-refractivity contribution < 1.29 is 0 Å². The Balaban J connectivity index is 0. The van der Waals surface area contributed by atoms with Crippen molar-refractivity contribution in [3.05, 3.63) is 33.4 Å². The van der Waals surface area contributed by atoms with Crippen LogP contribution in [0.2, 0.25) is 0 Å². The Morgan fingerprint density at radius 1 is 0.365 bits per heavy atom. The van der Waals surface area contributed by atoms with Crippen LogP contribution >= 0.6 is 0 Å². The Hall–Kier alpha value is -0.780. The van der Waals surface area contributed by atoms with Crippen molar-refractivity contribution in [1.29, 1.82) is 0 Å². The lowest BCUT2D eigenvalue weighted by molar-refractivity contribution is -0.0763. The molecule has 1 aromatic carbocycles. The van der Waals surface area contributed by atoms with E-state index in [1.165, 1.54) is 83.5 Å². The molecule has 0 heterocycles. The van der Waals surface area contributed by atoms with E-state index in [0.29, 0.717) is 16.2 Å². The van der Waals surface area contributed by atoms with Crippen LogP contribution in [-0.2, 0) is 37.5 Å². The zero-order valence-corrected chi connectivity index (χ0v) is 39.7. The summed E-state index contributed by atoms with van der Waals surface area (Å²) in [6, 6.07) is 0. The number of hydrogen-bond acceptors (Lipinski definition) is 0. The molecule has 0 bridgehead atoms. The average Bonchev–Trinajstić information content (AvgIpc) is 3.08. The molecule has 0 nitrogen and oxygen atoms in total. The second kappa shape index (κ2) is 23.3. The minimum absolute atomic E-state index is 0. The van der Waals surface area contributed by atoms with Crippen molar-refractivity contribution in [3.8, 4) is 0 Å². The first-order valence-corrected chi connectivity index (χ1v) is 22.9. The van der Waals surface area contributed by atoms with Crippen LogP contribution in [-0.4, -0.2) is 0 Å². The van der Waals surface area contributed by atoms with E-state index in [1.54, 1.807) is 33.4 Å². The first-order chi connectivity index (χ1) is 23.7. The predicted octanol–water partition coefficient (Wildman–Crippen LogP) is 17.5. The second-order valence-electron chi connectivity index (χ2n) is 19.6. The lowest BCUT2D eigenvalue weighted by Gasteiger charge is -2.56. The van der Waals surface area contributed by atoms with Gasteiger partial charge < -0.3 is 0 Å². The summed E-state index contributed by atoms with van der Waals surface area (Å²) in [7, 11) is 0. The molecule has 0 spiro atoms. The van der Waals surface area contributed by atoms with E-state index in [9.17, 15) is 0 Å². The lowest BCUT2D eigenvalue weighted by atomic mass is 9.49. The van der Waals surface area contributed by atoms with Gasteiger partial charge in [0, 0.05) is 0 Å². The van der Waals surface area contributed by atoms with Gasteiger partial charge in [-0.1, -0.05) is 192 Å². The zero-order valence-electron chi connectivity index (χ0n) is 39.7. The Bertz CT molecular complexity index is 1030. The zero-order chi connectivity index (χ0) is 40.1. The molecule has 4 unspecified atom stereocenters. The van der Waals surface area contributed by atoms with E-state index < -0.39 is 0 Å². The third-order valence-electron chi connectivity index (χ3n) is 14.7. The summed E-state index contributed by atoms with van der Waals surface area (Å²) in [4.78, 5) is 0. The molecule has 0 N–H and O–H groups in total. The fourth-order valence-electron chi connectivity index (χ4n) is 12.4. The number of benzene rings is 1. The largest absolute Gasteiger partial charge is 0.0776 e. The molecule has 2 rings (SSSR count). The van der Waals surface area contributed by atoms with E-state index in [0.717, 1.165) is 35.5 Å². The van der Waals surface area contributed by atoms with Gasteiger partial charge in [-0.05, 0) is 142 Å². The third-order valence-corrected chi connectivity index (χ3v) is 14.7. The van der Waals surface area contributed by atoms with Crippen LogP contribution in [0.15, 0.2) is 0 Å². The molecule has 0 amide bonds. The highest BCUT2D eigenvalue weighted by Gasteiger charge is 2.50. The fraction of sp³-hybridized carbons (Fsp3) is 0.885. The standard InChI is InChI=1S/C20H40.C20H34.C11H24.CH4/c2*1-9-14-15(10-2)17(12-4)19(20(6,7)8)18(13-5)16(14)11-3;1-7-11(8-2,9-3)10(4,5)6;/h14-19H,9-13H2,1-8H3;9-13H2,1-8H3;7-9H2,1-6H3;1H4. The van der Waals surface area contributed by atoms with E-state index in [1.807, 2.05) is 0 Å². The first-order valence-electron chi connectivity index (χ1n) is 22.9. The molecule has 0 radical (unpaired) electrons. The van der Waals surface area contributed by atoms with Crippen LogP contribution in [0, 0.1) is 51.8 Å². The summed E-state index contributed by atoms with van der Waals surface area (Å²) < 4.78 is 0. The predicted molar refractivity (Wildman–Crippen MR) is 243 cm³/mol. The molecule has 1 saturated carbocycles. The van der Waals surface area contributed by atoms with Crippen LogP contribution in [0.4, 0.5) is 0 Å². The van der Waals surface area contributed by atoms with Crippen LogP contribution in [0.3, 0.4) is 0 Å². The minimum Gasteiger partial charge on any atom is -0.0776 e. The summed E-state index contributed by atoms with van der Waals surface area (Å²) in [6.07, 6.45) is 16.7. The van der Waals surface area contributed by atoms with E-state index in [4.69, 9.17) is 0 Å². The monoisotopic (exact) mass is 727 g/mol. The van der Waals surface area contributed by atoms with Crippen LogP contribution in [0.1, 0.15) is 244 Å². The molecule has 1 aliphatic carbocycles. The van der Waals surface area contributed by atoms with Gasteiger partial charge >= 0.3 is 0 Å². The summed E-state index contributed by atoms with van der Waals surface area (Å²) >= 11 is 0. The topological polar surface area (TPSA) is 0 Å². The van der Waals surface area contributed by atoms with Crippen molar-refractivity contribution in [1.82, 2.24) is 0 Å². The molecule has 0 aromatic heterocycles. The lowest BCUT2D eigenvalue weighted by Crippen LogP contribution is -2.50. The van der Waals surface area contributed by atoms with Crippen molar-refractivity contribution in [2.24, 2.45) is 51.8 Å². The van der Waals surface area contributed by atoms with E-state index in [-0.39, 0.29) is 12.8 Å². The summed E-state index contributed by atoms with van der Waals surface area (Å²) in [5.41, 5.74) is 11.6. The van der Waals surface area contributed by atoms with Gasteiger partial charge in [0.15, 0.2) is 0 Å². The van der Waals surface area contributed by atoms with Crippen LogP contribution in [0.25, 0.3) is 0 Å². The Labute approximate surface area is 332 Å². The molecule has 1 aliphatic rings. The highest BCUT2D eigenvalue weighted by molar-refractivity contribution is 5.55. The molecule has 0 heteroatoms. The van der Waals surface area contributed by atoms with Gasteiger partial charge in [0.2, 0.25) is 0 Å². The Morgan fingerprint density at radius 3 is 0.769 bits per heavy atom. The maximum Gasteiger partial charge on any atom is -0.0126 e. The number of hydrogen-bond donors (Lipinski definition) is 0. The number of rotatable bonds is 13. The molecule has 1 fully saturated rings. The SMILES string of the molecule is C.CCC(CC)(CC)C(C)(C)C.CCC1C(CC)C(CC)C(C(C)(C)C)C(CC)C1CC.CCc1c(CC)c(CC)c(C(C)(C)C)c(CC)c1CC. The van der Waals surface area contributed by atoms with Gasteiger partial charge in [0.05, 0.1) is 0 Å². The highest BCUT2D eigenvalue weighted by Crippen LogP contribution is 2.57. The molecular weight excluding hydrogens is 625 g/mol. The molecular formula is C52H102. The smallest absolute Gasteiger partial charge is 0.0126 e. The highest BCUT2D eigenvalue weighted by atomic mass is 14.5. The van der Waals surface area contributed by atoms with E-state index in [2.05, 4.69) is 152 Å². The quantitative estimate of drug-likeness (QED) is 0.190. The molecule has 4 atom stereocenters. The van der Waals surface area contributed by atoms with Crippen molar-refractivity contribution in [3.63, 3.8) is 0 Å². The van der Waals surface area contributed by atoms with Gasteiger partial charge in [-0.15, -0.1) is 0 Å². The van der Waals surface area contributed by atoms with Gasteiger partial charge in [0.25, 0.3) is 0 Å². The maximum absolute atomic E-state index is 2.49. The van der Waals surface area contributed by atoms with Crippen molar-refractivity contribution in [2.75, 3.05) is 0 Å². The fourth-order valence-corrected chi connectivity index (χ4v) is 12.4. The Kier molecular flexibility index (Phi) is 23.9. The summed E-state index contributed by atoms with van der Waals surface area (Å²) in [5, 5.41) is 0. The van der Waals surface area contributed by atoms with Gasteiger partial charge in [-0.2, -0.15) is 0 Å². The molecule has 0 saturated heterocycles. The van der Waals surface area contributed by atoms with Crippen LogP contribution < -0.4 is 0 Å². The summed E-state index contributed by atoms with van der Waals surface area (Å²) in [5.74, 6) is 5.69. The average molecular weight is 727 g/mol. The van der Waals surface area contributed by atoms with Gasteiger partial charge in [-0.25, -0.2) is 0 Å².